The molecule has 0 bridgehead atoms. The summed E-state index contributed by atoms with van der Waals surface area (Å²) < 4.78 is 12.0. The Hall–Kier alpha value is 0.314. The molecule has 2 aliphatic rings. The van der Waals surface area contributed by atoms with Crippen molar-refractivity contribution in [3.05, 3.63) is 0 Å². The van der Waals surface area contributed by atoms with Gasteiger partial charge in [-0.15, -0.1) is 0 Å². The van der Waals surface area contributed by atoms with Crippen LogP contribution in [0, 0.1) is 0 Å². The van der Waals surface area contributed by atoms with Gasteiger partial charge in [0.25, 0.3) is 17.0 Å². The Bertz CT molecular complexity index is 233. The summed E-state index contributed by atoms with van der Waals surface area (Å²) in [6, 6.07) is 0. The fraction of sp³-hybridized carbons (Fsp3) is 1.00. The summed E-state index contributed by atoms with van der Waals surface area (Å²) in [6.07, 6.45) is 5.47. The van der Waals surface area contributed by atoms with E-state index in [-0.39, 0.29) is 0 Å². The van der Waals surface area contributed by atoms with Crippen LogP contribution in [0.25, 0.3) is 0 Å². The van der Waals surface area contributed by atoms with Crippen LogP contribution in [0.5, 0.6) is 0 Å². The molecule has 0 amide bonds. The summed E-state index contributed by atoms with van der Waals surface area (Å²) >= 11 is 0. The summed E-state index contributed by atoms with van der Waals surface area (Å²) in [5.41, 5.74) is 0. The van der Waals surface area contributed by atoms with Crippen molar-refractivity contribution in [2.24, 2.45) is 0 Å². The van der Waals surface area contributed by atoms with Crippen molar-refractivity contribution in [3.63, 3.8) is 0 Å². The van der Waals surface area contributed by atoms with Gasteiger partial charge in [0.05, 0.1) is 0 Å². The monoisotopic (exact) mass is 272 g/mol. The first-order chi connectivity index (χ1) is 7.92. The van der Waals surface area contributed by atoms with Gasteiger partial charge < -0.3 is 13.2 Å². The minimum atomic E-state index is -1.62. The normalized spacial score (nSPS) is 24.7. The second kappa shape index (κ2) is 5.13. The van der Waals surface area contributed by atoms with Crippen molar-refractivity contribution < 1.29 is 4.12 Å². The zero-order valence-corrected chi connectivity index (χ0v) is 14.0. The SMILES string of the molecule is C[Si](C)(O[Si](C)(C)N1CCCC1)N1CCCC1. The van der Waals surface area contributed by atoms with Gasteiger partial charge in [0.1, 0.15) is 0 Å². The molecule has 2 saturated heterocycles. The van der Waals surface area contributed by atoms with E-state index in [0.29, 0.717) is 0 Å². The van der Waals surface area contributed by atoms with Gasteiger partial charge in [-0.25, -0.2) is 0 Å². The van der Waals surface area contributed by atoms with Crippen molar-refractivity contribution in [1.82, 2.24) is 9.13 Å². The molecule has 2 heterocycles. The Labute approximate surface area is 109 Å². The predicted octanol–water partition coefficient (Wildman–Crippen LogP) is 2.60. The molecule has 17 heavy (non-hydrogen) atoms. The van der Waals surface area contributed by atoms with Crippen LogP contribution in [0.3, 0.4) is 0 Å². The van der Waals surface area contributed by atoms with Crippen LogP contribution in [-0.2, 0) is 4.12 Å². The summed E-state index contributed by atoms with van der Waals surface area (Å²) in [6.45, 7) is 14.6. The Morgan fingerprint density at radius 3 is 1.24 bits per heavy atom. The van der Waals surface area contributed by atoms with Gasteiger partial charge in [0.2, 0.25) is 0 Å². The van der Waals surface area contributed by atoms with E-state index in [9.17, 15) is 0 Å². The summed E-state index contributed by atoms with van der Waals surface area (Å²) in [7, 11) is -3.24. The Morgan fingerprint density at radius 1 is 0.647 bits per heavy atom. The largest absolute Gasteiger partial charge is 0.433 e. The van der Waals surface area contributed by atoms with E-state index in [2.05, 4.69) is 35.3 Å². The minimum absolute atomic E-state index is 1.27. The molecule has 0 atom stereocenters. The van der Waals surface area contributed by atoms with Gasteiger partial charge in [0.15, 0.2) is 0 Å². The number of hydrogen-bond acceptors (Lipinski definition) is 3. The summed E-state index contributed by atoms with van der Waals surface area (Å²) in [5, 5.41) is 0. The van der Waals surface area contributed by atoms with Crippen LogP contribution in [-0.4, -0.2) is 52.3 Å². The van der Waals surface area contributed by atoms with E-state index in [0.717, 1.165) is 0 Å². The average Bonchev–Trinajstić information content (AvgIpc) is 2.91. The third-order valence-corrected chi connectivity index (χ3v) is 12.2. The van der Waals surface area contributed by atoms with Crippen LogP contribution < -0.4 is 0 Å². The van der Waals surface area contributed by atoms with Gasteiger partial charge in [-0.05, 0) is 78.1 Å². The summed E-state index contributed by atoms with van der Waals surface area (Å²) in [4.78, 5) is 0. The molecule has 0 spiro atoms. The quantitative estimate of drug-likeness (QED) is 0.732. The molecule has 0 aliphatic carbocycles. The van der Waals surface area contributed by atoms with Gasteiger partial charge in [-0.1, -0.05) is 0 Å². The lowest BCUT2D eigenvalue weighted by Gasteiger charge is -2.43. The second-order valence-corrected chi connectivity index (χ2v) is 14.3. The molecular formula is C12H28N2OSi2. The van der Waals surface area contributed by atoms with Crippen LogP contribution in [0.15, 0.2) is 0 Å². The summed E-state index contributed by atoms with van der Waals surface area (Å²) in [5.74, 6) is 0. The second-order valence-electron chi connectivity index (χ2n) is 6.38. The molecule has 100 valence electrons. The zero-order valence-electron chi connectivity index (χ0n) is 12.0. The Morgan fingerprint density at radius 2 is 0.941 bits per heavy atom. The van der Waals surface area contributed by atoms with Crippen molar-refractivity contribution in [1.29, 1.82) is 0 Å². The standard InChI is InChI=1S/C12H28N2OSi2/c1-16(2,13-9-5-6-10-13)15-17(3,4)14-11-7-8-12-14/h5-12H2,1-4H3. The number of hydrogen-bond donors (Lipinski definition) is 0. The maximum absolute atomic E-state index is 6.72. The molecule has 5 heteroatoms. The van der Waals surface area contributed by atoms with Crippen LogP contribution >= 0.6 is 0 Å². The van der Waals surface area contributed by atoms with E-state index in [1.807, 2.05) is 0 Å². The highest BCUT2D eigenvalue weighted by Crippen LogP contribution is 2.26. The smallest absolute Gasteiger partial charge is 0.255 e. The fourth-order valence-corrected chi connectivity index (χ4v) is 12.0. The van der Waals surface area contributed by atoms with Gasteiger partial charge in [-0.3, -0.25) is 0 Å². The molecular weight excluding hydrogens is 244 g/mol. The van der Waals surface area contributed by atoms with Gasteiger partial charge >= 0.3 is 0 Å². The maximum Gasteiger partial charge on any atom is 0.255 e. The lowest BCUT2D eigenvalue weighted by atomic mass is 10.4. The average molecular weight is 273 g/mol. The van der Waals surface area contributed by atoms with Crippen LogP contribution in [0.1, 0.15) is 25.7 Å². The fourth-order valence-electron chi connectivity index (χ4n) is 3.25. The molecule has 0 unspecified atom stereocenters. The minimum Gasteiger partial charge on any atom is -0.433 e. The molecule has 0 aromatic carbocycles. The first-order valence-corrected chi connectivity index (χ1v) is 12.8. The first kappa shape index (κ1) is 13.7. The van der Waals surface area contributed by atoms with Crippen molar-refractivity contribution in [2.75, 3.05) is 26.2 Å². The third-order valence-electron chi connectivity index (χ3n) is 4.23. The highest BCUT2D eigenvalue weighted by atomic mass is 28.4. The third kappa shape index (κ3) is 3.20. The zero-order chi connectivity index (χ0) is 12.5. The topological polar surface area (TPSA) is 15.7 Å². The van der Waals surface area contributed by atoms with Gasteiger partial charge in [0, 0.05) is 0 Å². The molecule has 0 aromatic heterocycles. The maximum atomic E-state index is 6.72. The molecule has 2 rings (SSSR count). The van der Waals surface area contributed by atoms with E-state index in [4.69, 9.17) is 4.12 Å². The van der Waals surface area contributed by atoms with Crippen molar-refractivity contribution in [3.8, 4) is 0 Å². The lowest BCUT2D eigenvalue weighted by Crippen LogP contribution is -2.61. The Kier molecular flexibility index (Phi) is 4.14. The van der Waals surface area contributed by atoms with E-state index in [1.165, 1.54) is 51.9 Å². The van der Waals surface area contributed by atoms with Crippen molar-refractivity contribution in [2.45, 2.75) is 51.9 Å². The number of rotatable bonds is 4. The highest BCUT2D eigenvalue weighted by molar-refractivity contribution is 6.82. The van der Waals surface area contributed by atoms with Gasteiger partial charge in [-0.2, -0.15) is 0 Å². The van der Waals surface area contributed by atoms with Crippen LogP contribution in [0.2, 0.25) is 26.2 Å². The van der Waals surface area contributed by atoms with E-state index in [1.54, 1.807) is 0 Å². The van der Waals surface area contributed by atoms with Crippen molar-refractivity contribution >= 4 is 17.0 Å². The molecule has 2 fully saturated rings. The molecule has 0 radical (unpaired) electrons. The molecule has 0 N–H and O–H groups in total. The predicted molar refractivity (Wildman–Crippen MR) is 77.7 cm³/mol. The molecule has 0 aromatic rings. The highest BCUT2D eigenvalue weighted by Gasteiger charge is 2.42. The lowest BCUT2D eigenvalue weighted by molar-refractivity contribution is 0.346. The number of nitrogens with zero attached hydrogens (tertiary/aromatic N) is 2. The van der Waals surface area contributed by atoms with Crippen LogP contribution in [0.4, 0.5) is 0 Å². The molecule has 3 nitrogen and oxygen atoms in total. The Balaban J connectivity index is 1.97. The van der Waals surface area contributed by atoms with E-state index >= 15 is 0 Å². The molecule has 0 saturated carbocycles. The first-order valence-electron chi connectivity index (χ1n) is 7.12. The van der Waals surface area contributed by atoms with E-state index < -0.39 is 17.0 Å². The molecule has 2 aliphatic heterocycles.